The van der Waals surface area contributed by atoms with E-state index in [4.69, 9.17) is 27.9 Å². The summed E-state index contributed by atoms with van der Waals surface area (Å²) in [4.78, 5) is 8.43. The zero-order valence-corrected chi connectivity index (χ0v) is 16.9. The zero-order chi connectivity index (χ0) is 19.8. The molecule has 0 amide bonds. The number of nitrogens with zero attached hydrogens (tertiary/aromatic N) is 4. The van der Waals surface area contributed by atoms with Crippen LogP contribution in [0.2, 0.25) is 10.0 Å². The number of fused-ring (bicyclic) bond motifs is 1. The molecule has 9 nitrogen and oxygen atoms in total. The van der Waals surface area contributed by atoms with Gasteiger partial charge in [-0.1, -0.05) is 29.3 Å². The van der Waals surface area contributed by atoms with Gasteiger partial charge >= 0.3 is 0 Å². The van der Waals surface area contributed by atoms with Gasteiger partial charge in [0.15, 0.2) is 11.5 Å². The molecule has 0 unspecified atom stereocenters. The van der Waals surface area contributed by atoms with Crippen LogP contribution in [0.1, 0.15) is 6.92 Å². The highest BCUT2D eigenvalue weighted by molar-refractivity contribution is 7.92. The Balaban J connectivity index is 2.19. The first-order valence-electron chi connectivity index (χ1n) is 7.78. The van der Waals surface area contributed by atoms with Crippen LogP contribution in [0.25, 0.3) is 11.0 Å². The molecule has 27 heavy (non-hydrogen) atoms. The van der Waals surface area contributed by atoms with Gasteiger partial charge in [-0.3, -0.25) is 4.72 Å². The molecule has 0 fully saturated rings. The van der Waals surface area contributed by atoms with Gasteiger partial charge < -0.3 is 10.1 Å². The predicted molar refractivity (Wildman–Crippen MR) is 104 cm³/mol. The van der Waals surface area contributed by atoms with E-state index in [1.54, 1.807) is 7.05 Å². The number of aryl methyl sites for hydroxylation is 1. The first-order valence-corrected chi connectivity index (χ1v) is 10.0. The predicted octanol–water partition coefficient (Wildman–Crippen LogP) is 2.91. The molecule has 0 saturated carbocycles. The van der Waals surface area contributed by atoms with Crippen molar-refractivity contribution >= 4 is 56.0 Å². The van der Waals surface area contributed by atoms with Gasteiger partial charge in [0.2, 0.25) is 11.8 Å². The van der Waals surface area contributed by atoms with Gasteiger partial charge in [0.1, 0.15) is 10.3 Å². The van der Waals surface area contributed by atoms with E-state index < -0.39 is 10.0 Å². The number of ether oxygens (including phenoxy) is 1. The molecule has 2 aromatic heterocycles. The molecule has 3 aromatic rings. The normalized spacial score (nSPS) is 11.6. The number of benzene rings is 1. The molecule has 0 atom stereocenters. The summed E-state index contributed by atoms with van der Waals surface area (Å²) in [7, 11) is -0.993. The van der Waals surface area contributed by atoms with Crippen molar-refractivity contribution in [1.82, 2.24) is 19.7 Å². The molecule has 0 saturated heterocycles. The topological polar surface area (TPSA) is 111 Å². The second kappa shape index (κ2) is 7.37. The SMILES string of the molecule is CCNc1nc(NS(=O)(=O)c2cccc(Cl)c2Cl)c2c(OC)nn(C)c2n1. The third-order valence-electron chi connectivity index (χ3n) is 3.62. The number of halogens is 2. The summed E-state index contributed by atoms with van der Waals surface area (Å²) in [5.41, 5.74) is 0.396. The van der Waals surface area contributed by atoms with Gasteiger partial charge in [-0.05, 0) is 19.1 Å². The quantitative estimate of drug-likeness (QED) is 0.617. The second-order valence-corrected chi connectivity index (χ2v) is 7.85. The highest BCUT2D eigenvalue weighted by atomic mass is 35.5. The van der Waals surface area contributed by atoms with Crippen molar-refractivity contribution in [3.8, 4) is 5.88 Å². The number of hydrogen-bond donors (Lipinski definition) is 2. The molecule has 1 aromatic carbocycles. The molecular formula is C15H16Cl2N6O3S. The maximum Gasteiger partial charge on any atom is 0.264 e. The minimum Gasteiger partial charge on any atom is -0.479 e. The molecule has 2 heterocycles. The Kier molecular flexibility index (Phi) is 5.31. The van der Waals surface area contributed by atoms with Gasteiger partial charge in [0, 0.05) is 13.6 Å². The minimum atomic E-state index is -4.08. The Morgan fingerprint density at radius 2 is 2.00 bits per heavy atom. The van der Waals surface area contributed by atoms with Gasteiger partial charge in [-0.15, -0.1) is 5.10 Å². The summed E-state index contributed by atoms with van der Waals surface area (Å²) in [5, 5.41) is 7.51. The van der Waals surface area contributed by atoms with Crippen molar-refractivity contribution < 1.29 is 13.2 Å². The Hall–Kier alpha value is -2.30. The van der Waals surface area contributed by atoms with Crippen molar-refractivity contribution in [2.24, 2.45) is 7.05 Å². The van der Waals surface area contributed by atoms with E-state index >= 15 is 0 Å². The summed E-state index contributed by atoms with van der Waals surface area (Å²) in [6.45, 7) is 2.42. The van der Waals surface area contributed by atoms with E-state index in [2.05, 4.69) is 25.1 Å². The van der Waals surface area contributed by atoms with E-state index in [0.29, 0.717) is 17.6 Å². The highest BCUT2D eigenvalue weighted by Crippen LogP contribution is 2.34. The summed E-state index contributed by atoms with van der Waals surface area (Å²) in [6.07, 6.45) is 0. The summed E-state index contributed by atoms with van der Waals surface area (Å²) >= 11 is 12.0. The smallest absolute Gasteiger partial charge is 0.264 e. The molecule has 0 aliphatic heterocycles. The van der Waals surface area contributed by atoms with E-state index in [1.807, 2.05) is 6.92 Å². The van der Waals surface area contributed by atoms with Gasteiger partial charge in [0.25, 0.3) is 10.0 Å². The minimum absolute atomic E-state index is 0.0111. The maximum atomic E-state index is 12.9. The second-order valence-electron chi connectivity index (χ2n) is 5.42. The van der Waals surface area contributed by atoms with Crippen molar-refractivity contribution in [1.29, 1.82) is 0 Å². The van der Waals surface area contributed by atoms with Crippen molar-refractivity contribution in [2.45, 2.75) is 11.8 Å². The molecule has 0 spiro atoms. The average Bonchev–Trinajstić information content (AvgIpc) is 2.93. The molecule has 0 aliphatic rings. The van der Waals surface area contributed by atoms with Crippen LogP contribution in [0, 0.1) is 0 Å². The lowest BCUT2D eigenvalue weighted by Crippen LogP contribution is -2.16. The standard InChI is InChI=1S/C15H16Cl2N6O3S/c1-4-18-15-19-12(10-13(20-15)23(2)21-14(10)26-3)22-27(24,25)9-7-5-6-8(16)11(9)17/h5-7H,4H2,1-3H3,(H2,18,19,20,22). The zero-order valence-electron chi connectivity index (χ0n) is 14.6. The van der Waals surface area contributed by atoms with E-state index in [-0.39, 0.29) is 32.6 Å². The fraction of sp³-hybridized carbons (Fsp3) is 0.267. The summed E-state index contributed by atoms with van der Waals surface area (Å²) in [6, 6.07) is 4.34. The lowest BCUT2D eigenvalue weighted by atomic mass is 10.4. The molecular weight excluding hydrogens is 415 g/mol. The van der Waals surface area contributed by atoms with Crippen LogP contribution in [-0.4, -0.2) is 41.8 Å². The lowest BCUT2D eigenvalue weighted by Gasteiger charge is -2.12. The molecule has 0 radical (unpaired) electrons. The number of hydrogen-bond acceptors (Lipinski definition) is 7. The number of methoxy groups -OCH3 is 1. The molecule has 144 valence electrons. The summed E-state index contributed by atoms with van der Waals surface area (Å²) < 4.78 is 34.9. The molecule has 2 N–H and O–H groups in total. The summed E-state index contributed by atoms with van der Waals surface area (Å²) in [5.74, 6) is 0.438. The van der Waals surface area contributed by atoms with Gasteiger partial charge in [0.05, 0.1) is 17.2 Å². The fourth-order valence-corrected chi connectivity index (χ4v) is 4.22. The van der Waals surface area contributed by atoms with Crippen molar-refractivity contribution in [2.75, 3.05) is 23.7 Å². The third-order valence-corrected chi connectivity index (χ3v) is 5.93. The van der Waals surface area contributed by atoms with Crippen LogP contribution in [-0.2, 0) is 17.1 Å². The van der Waals surface area contributed by atoms with Crippen LogP contribution in [0.15, 0.2) is 23.1 Å². The number of aromatic nitrogens is 4. The van der Waals surface area contributed by atoms with Crippen LogP contribution in [0.4, 0.5) is 11.8 Å². The van der Waals surface area contributed by atoms with E-state index in [1.165, 1.54) is 30.0 Å². The van der Waals surface area contributed by atoms with Crippen LogP contribution in [0.3, 0.4) is 0 Å². The number of sulfonamides is 1. The monoisotopic (exact) mass is 430 g/mol. The fourth-order valence-electron chi connectivity index (χ4n) is 2.44. The van der Waals surface area contributed by atoms with E-state index in [0.717, 1.165) is 0 Å². The molecule has 3 rings (SSSR count). The van der Waals surface area contributed by atoms with E-state index in [9.17, 15) is 8.42 Å². The Labute approximate surface area is 165 Å². The average molecular weight is 431 g/mol. The largest absolute Gasteiger partial charge is 0.479 e. The maximum absolute atomic E-state index is 12.9. The number of rotatable bonds is 6. The third kappa shape index (κ3) is 3.60. The lowest BCUT2D eigenvalue weighted by molar-refractivity contribution is 0.396. The Bertz CT molecular complexity index is 1120. The van der Waals surface area contributed by atoms with Crippen LogP contribution in [0.5, 0.6) is 5.88 Å². The first kappa shape index (κ1) is 19.5. The Morgan fingerprint density at radius 1 is 1.26 bits per heavy atom. The number of nitrogens with one attached hydrogen (secondary N) is 2. The first-order chi connectivity index (χ1) is 12.8. The van der Waals surface area contributed by atoms with Crippen molar-refractivity contribution in [3.63, 3.8) is 0 Å². The molecule has 12 heteroatoms. The number of anilines is 2. The molecule has 0 bridgehead atoms. The molecule has 0 aliphatic carbocycles. The van der Waals surface area contributed by atoms with Crippen LogP contribution >= 0.6 is 23.2 Å². The Morgan fingerprint density at radius 3 is 2.67 bits per heavy atom. The van der Waals surface area contributed by atoms with Gasteiger partial charge in [-0.2, -0.15) is 9.97 Å². The van der Waals surface area contributed by atoms with Gasteiger partial charge in [-0.25, -0.2) is 13.1 Å². The van der Waals surface area contributed by atoms with Crippen LogP contribution < -0.4 is 14.8 Å². The van der Waals surface area contributed by atoms with Crippen molar-refractivity contribution in [3.05, 3.63) is 28.2 Å². The highest BCUT2D eigenvalue weighted by Gasteiger charge is 2.25.